The number of hydrogen-bond acceptors (Lipinski definition) is 5. The summed E-state index contributed by atoms with van der Waals surface area (Å²) >= 11 is 3.49. The van der Waals surface area contributed by atoms with Crippen LogP contribution in [0.15, 0.2) is 39.4 Å². The van der Waals surface area contributed by atoms with Crippen molar-refractivity contribution in [3.05, 3.63) is 45.0 Å². The molecule has 2 saturated heterocycles. The Bertz CT molecular complexity index is 1190. The maximum Gasteiger partial charge on any atom is 0.303 e. The summed E-state index contributed by atoms with van der Waals surface area (Å²) in [4.78, 5) is 39.2. The minimum atomic E-state index is -0.821. The van der Waals surface area contributed by atoms with Crippen LogP contribution in [-0.4, -0.2) is 52.2 Å². The number of imide groups is 1. The van der Waals surface area contributed by atoms with E-state index in [4.69, 9.17) is 9.84 Å². The number of fused-ring (bicyclic) bond motifs is 3. The number of carbonyl (C=O) groups excluding carboxylic acids is 2. The van der Waals surface area contributed by atoms with Crippen molar-refractivity contribution in [1.82, 2.24) is 4.90 Å². The van der Waals surface area contributed by atoms with Gasteiger partial charge in [-0.25, -0.2) is 0 Å². The summed E-state index contributed by atoms with van der Waals surface area (Å²) in [5.41, 5.74) is 4.55. The number of rotatable bonds is 13. The summed E-state index contributed by atoms with van der Waals surface area (Å²) in [6, 6.07) is 5.45. The van der Waals surface area contributed by atoms with Gasteiger partial charge in [-0.1, -0.05) is 66.8 Å². The van der Waals surface area contributed by atoms with Crippen LogP contribution in [0, 0.1) is 23.7 Å². The maximum atomic E-state index is 13.6. The van der Waals surface area contributed by atoms with Crippen molar-refractivity contribution in [3.63, 3.8) is 0 Å². The monoisotopic (exact) mass is 615 g/mol. The Morgan fingerprint density at radius 1 is 1.12 bits per heavy atom. The van der Waals surface area contributed by atoms with E-state index in [1.165, 1.54) is 21.6 Å². The van der Waals surface area contributed by atoms with Crippen molar-refractivity contribution in [2.45, 2.75) is 84.7 Å². The molecule has 2 heterocycles. The van der Waals surface area contributed by atoms with Gasteiger partial charge in [0.05, 0.1) is 24.5 Å². The van der Waals surface area contributed by atoms with E-state index in [2.05, 4.69) is 42.8 Å². The lowest BCUT2D eigenvalue weighted by atomic mass is 9.67. The second kappa shape index (κ2) is 13.5. The lowest BCUT2D eigenvalue weighted by Gasteiger charge is -2.33. The van der Waals surface area contributed by atoms with Gasteiger partial charge >= 0.3 is 5.97 Å². The standard InChI is InChI=1S/C32H42BrNO6/c1-4-8-20(15-21-16-22(33)11-12-26(21)35)10-13-27-29-23(19(2)3)17-24-30(25(29)18-40-27)32(39)34(31(24)38)14-7-5-6-9-28(36)37/h11-12,15-16,19,24-25,27,30,35H,4-10,13-14,17-18H2,1-3H3,(H,36,37)/b20-15+/t24-,25+,27-,30-/m1/s1. The lowest BCUT2D eigenvalue weighted by molar-refractivity contribution is -0.141. The SMILES string of the molecule is CCC/C(=C\c1cc(Br)ccc1O)CC[C@H]1OC[C@H]2C1=C(C(C)C)C[C@H]1C(=O)N(CCCCCC(=O)O)C(=O)[C@H]12. The normalized spacial score (nSPS) is 24.7. The molecule has 7 nitrogen and oxygen atoms in total. The Balaban J connectivity index is 1.49. The molecule has 8 heteroatoms. The zero-order chi connectivity index (χ0) is 29.0. The van der Waals surface area contributed by atoms with Gasteiger partial charge in [-0.15, -0.1) is 0 Å². The number of carboxylic acid groups (broad SMARTS) is 1. The number of benzene rings is 1. The van der Waals surface area contributed by atoms with Crippen LogP contribution in [0.3, 0.4) is 0 Å². The molecule has 4 rings (SSSR count). The van der Waals surface area contributed by atoms with Crippen LogP contribution in [0.4, 0.5) is 0 Å². The first kappa shape index (κ1) is 30.5. The number of aliphatic carboxylic acids is 1. The highest BCUT2D eigenvalue weighted by atomic mass is 79.9. The molecule has 1 aliphatic carbocycles. The third kappa shape index (κ3) is 6.71. The Labute approximate surface area is 245 Å². The average Bonchev–Trinajstić information content (AvgIpc) is 3.42. The van der Waals surface area contributed by atoms with Crippen molar-refractivity contribution >= 4 is 39.8 Å². The molecule has 40 heavy (non-hydrogen) atoms. The third-order valence-corrected chi connectivity index (χ3v) is 9.15. The Hall–Kier alpha value is -2.45. The van der Waals surface area contributed by atoms with Gasteiger partial charge in [0.15, 0.2) is 0 Å². The predicted octanol–water partition coefficient (Wildman–Crippen LogP) is 6.74. The van der Waals surface area contributed by atoms with Crippen LogP contribution < -0.4 is 0 Å². The Morgan fingerprint density at radius 3 is 2.60 bits per heavy atom. The van der Waals surface area contributed by atoms with E-state index in [1.54, 1.807) is 6.07 Å². The number of halogens is 1. The lowest BCUT2D eigenvalue weighted by Crippen LogP contribution is -2.35. The van der Waals surface area contributed by atoms with E-state index in [-0.39, 0.29) is 53.8 Å². The Morgan fingerprint density at radius 2 is 1.90 bits per heavy atom. The molecule has 3 aliphatic rings. The summed E-state index contributed by atoms with van der Waals surface area (Å²) < 4.78 is 7.30. The van der Waals surface area contributed by atoms with E-state index < -0.39 is 5.97 Å². The molecule has 2 aliphatic heterocycles. The first-order chi connectivity index (χ1) is 19.1. The number of likely N-dealkylation sites (tertiary alicyclic amines) is 1. The van der Waals surface area contributed by atoms with Crippen molar-refractivity contribution in [2.75, 3.05) is 13.2 Å². The van der Waals surface area contributed by atoms with Crippen LogP contribution in [0.25, 0.3) is 6.08 Å². The van der Waals surface area contributed by atoms with E-state index >= 15 is 0 Å². The Kier molecular flexibility index (Phi) is 10.3. The molecule has 0 radical (unpaired) electrons. The molecule has 0 aromatic heterocycles. The molecule has 2 amide bonds. The quantitative estimate of drug-likeness (QED) is 0.145. The van der Waals surface area contributed by atoms with Gasteiger partial charge < -0.3 is 14.9 Å². The number of aromatic hydroxyl groups is 1. The van der Waals surface area contributed by atoms with Gasteiger partial charge in [0.1, 0.15) is 5.75 Å². The number of carboxylic acids is 1. The van der Waals surface area contributed by atoms with Gasteiger partial charge in [0.2, 0.25) is 11.8 Å². The number of phenols is 1. The maximum absolute atomic E-state index is 13.6. The fourth-order valence-corrected chi connectivity index (χ4v) is 7.11. The van der Waals surface area contributed by atoms with Crippen LogP contribution in [0.2, 0.25) is 0 Å². The molecule has 0 saturated carbocycles. The second-order valence-corrected chi connectivity index (χ2v) is 12.6. The molecule has 2 N–H and O–H groups in total. The number of amides is 2. The van der Waals surface area contributed by atoms with Gasteiger partial charge in [-0.05, 0) is 68.2 Å². The molecule has 1 aromatic rings. The molecule has 2 fully saturated rings. The highest BCUT2D eigenvalue weighted by molar-refractivity contribution is 9.10. The summed E-state index contributed by atoms with van der Waals surface area (Å²) in [5.74, 6) is -1.21. The number of nitrogens with zero attached hydrogens (tertiary/aromatic N) is 1. The smallest absolute Gasteiger partial charge is 0.303 e. The van der Waals surface area contributed by atoms with E-state index in [9.17, 15) is 19.5 Å². The fraction of sp³-hybridized carbons (Fsp3) is 0.594. The summed E-state index contributed by atoms with van der Waals surface area (Å²) in [6.07, 6.45) is 8.14. The van der Waals surface area contributed by atoms with E-state index in [0.29, 0.717) is 38.8 Å². The van der Waals surface area contributed by atoms with E-state index in [1.807, 2.05) is 12.1 Å². The van der Waals surface area contributed by atoms with Crippen molar-refractivity contribution in [2.24, 2.45) is 23.7 Å². The van der Waals surface area contributed by atoms with Crippen molar-refractivity contribution < 1.29 is 29.3 Å². The van der Waals surface area contributed by atoms with Crippen molar-refractivity contribution in [3.8, 4) is 5.75 Å². The fourth-order valence-electron chi connectivity index (χ4n) is 6.74. The molecule has 0 unspecified atom stereocenters. The number of phenolic OH excluding ortho intramolecular Hbond substituents is 1. The number of ether oxygens (including phenoxy) is 1. The van der Waals surface area contributed by atoms with Crippen LogP contribution in [0.1, 0.15) is 84.1 Å². The largest absolute Gasteiger partial charge is 0.507 e. The van der Waals surface area contributed by atoms with Gasteiger partial charge in [-0.2, -0.15) is 0 Å². The minimum absolute atomic E-state index is 0.0673. The van der Waals surface area contributed by atoms with Crippen LogP contribution >= 0.6 is 15.9 Å². The highest BCUT2D eigenvalue weighted by Gasteiger charge is 2.56. The first-order valence-electron chi connectivity index (χ1n) is 14.7. The van der Waals surface area contributed by atoms with Crippen molar-refractivity contribution in [1.29, 1.82) is 0 Å². The first-order valence-corrected chi connectivity index (χ1v) is 15.5. The number of carbonyl (C=O) groups is 3. The van der Waals surface area contributed by atoms with Gasteiger partial charge in [0, 0.05) is 28.9 Å². The highest BCUT2D eigenvalue weighted by Crippen LogP contribution is 2.51. The summed E-state index contributed by atoms with van der Waals surface area (Å²) in [5, 5.41) is 19.2. The molecule has 0 bridgehead atoms. The zero-order valence-corrected chi connectivity index (χ0v) is 25.4. The third-order valence-electron chi connectivity index (χ3n) is 8.65. The predicted molar refractivity (Wildman–Crippen MR) is 157 cm³/mol. The van der Waals surface area contributed by atoms with Crippen LogP contribution in [-0.2, 0) is 19.1 Å². The molecule has 218 valence electrons. The number of allylic oxidation sites excluding steroid dienone is 2. The molecule has 1 aromatic carbocycles. The second-order valence-electron chi connectivity index (χ2n) is 11.7. The number of hydrogen-bond donors (Lipinski definition) is 2. The summed E-state index contributed by atoms with van der Waals surface area (Å²) in [7, 11) is 0. The molecule has 0 spiro atoms. The molecular formula is C32H42BrNO6. The zero-order valence-electron chi connectivity index (χ0n) is 23.8. The minimum Gasteiger partial charge on any atom is -0.507 e. The average molecular weight is 617 g/mol. The van der Waals surface area contributed by atoms with E-state index in [0.717, 1.165) is 35.7 Å². The van der Waals surface area contributed by atoms with Gasteiger partial charge in [-0.3, -0.25) is 19.3 Å². The topological polar surface area (TPSA) is 104 Å². The van der Waals surface area contributed by atoms with Crippen LogP contribution in [0.5, 0.6) is 5.75 Å². The molecule has 4 atom stereocenters. The summed E-state index contributed by atoms with van der Waals surface area (Å²) in [6.45, 7) is 7.30. The molecular weight excluding hydrogens is 574 g/mol. The van der Waals surface area contributed by atoms with Gasteiger partial charge in [0.25, 0.3) is 0 Å². The number of unbranched alkanes of at least 4 members (excludes halogenated alkanes) is 2.